The van der Waals surface area contributed by atoms with E-state index in [4.69, 9.17) is 9.26 Å². The molecule has 0 saturated heterocycles. The van der Waals surface area contributed by atoms with Crippen LogP contribution in [0.15, 0.2) is 40.9 Å². The molecule has 0 aliphatic heterocycles. The van der Waals surface area contributed by atoms with Crippen molar-refractivity contribution in [2.45, 2.75) is 39.7 Å². The Morgan fingerprint density at radius 3 is 2.58 bits per heavy atom. The molecule has 2 aromatic carbocycles. The lowest BCUT2D eigenvalue weighted by Crippen LogP contribution is -2.48. The number of fused-ring (bicyclic) bond motifs is 1. The standard InChI is InChI=1S/C29H38N6O4.ClH/c1-6-30-11-12-35(18-28(37)34(4)24-13-21-9-10-25(38-5)15-23(21)14-24)27(36)17-31-26-16-22(8-7-19(26)2)29-32-20(3)39-33-29;/h7-10,15-16,24,30-31H,6,11-14,17-18H2,1-5H3;1H. The molecule has 0 radical (unpaired) electrons. The molecule has 0 fully saturated rings. The average molecular weight is 571 g/mol. The molecule has 10 nitrogen and oxygen atoms in total. The number of aryl methyl sites for hydroxylation is 2. The predicted octanol–water partition coefficient (Wildman–Crippen LogP) is 3.26. The Bertz CT molecular complexity index is 1310. The monoisotopic (exact) mass is 570 g/mol. The highest BCUT2D eigenvalue weighted by Gasteiger charge is 2.29. The molecule has 1 unspecified atom stereocenters. The van der Waals surface area contributed by atoms with Crippen molar-refractivity contribution in [3.8, 4) is 17.1 Å². The van der Waals surface area contributed by atoms with E-state index in [1.165, 1.54) is 11.1 Å². The van der Waals surface area contributed by atoms with Gasteiger partial charge in [0.2, 0.25) is 23.5 Å². The first kappa shape index (κ1) is 30.9. The van der Waals surface area contributed by atoms with Gasteiger partial charge in [0.1, 0.15) is 5.75 Å². The van der Waals surface area contributed by atoms with Crippen LogP contribution in [-0.4, -0.2) is 84.7 Å². The molecular weight excluding hydrogens is 532 g/mol. The minimum atomic E-state index is -0.144. The molecule has 0 saturated carbocycles. The molecule has 216 valence electrons. The average Bonchev–Trinajstić information content (AvgIpc) is 3.57. The summed E-state index contributed by atoms with van der Waals surface area (Å²) in [7, 11) is 3.49. The number of likely N-dealkylation sites (N-methyl/N-ethyl adjacent to an activating group) is 2. The van der Waals surface area contributed by atoms with Crippen molar-refractivity contribution >= 4 is 29.9 Å². The summed E-state index contributed by atoms with van der Waals surface area (Å²) in [6.45, 7) is 7.66. The Morgan fingerprint density at radius 2 is 1.88 bits per heavy atom. The van der Waals surface area contributed by atoms with Crippen LogP contribution >= 0.6 is 12.4 Å². The van der Waals surface area contributed by atoms with E-state index in [0.717, 1.165) is 42.0 Å². The van der Waals surface area contributed by atoms with Crippen LogP contribution in [0.25, 0.3) is 11.4 Å². The zero-order chi connectivity index (χ0) is 27.9. The third-order valence-electron chi connectivity index (χ3n) is 7.21. The van der Waals surface area contributed by atoms with Crippen LogP contribution in [0, 0.1) is 13.8 Å². The second-order valence-corrected chi connectivity index (χ2v) is 9.89. The van der Waals surface area contributed by atoms with Gasteiger partial charge in [-0.1, -0.05) is 30.3 Å². The van der Waals surface area contributed by atoms with E-state index in [1.807, 2.05) is 51.2 Å². The van der Waals surface area contributed by atoms with E-state index in [2.05, 4.69) is 26.8 Å². The highest BCUT2D eigenvalue weighted by Crippen LogP contribution is 2.29. The SMILES string of the molecule is CCNCCN(CC(=O)N(C)C1Cc2ccc(OC)cc2C1)C(=O)CNc1cc(-c2noc(C)n2)ccc1C.Cl. The molecule has 11 heteroatoms. The lowest BCUT2D eigenvalue weighted by Gasteiger charge is -2.29. The van der Waals surface area contributed by atoms with Gasteiger partial charge in [0.05, 0.1) is 20.2 Å². The van der Waals surface area contributed by atoms with Gasteiger partial charge in [0.15, 0.2) is 0 Å². The molecule has 3 aromatic rings. The van der Waals surface area contributed by atoms with Gasteiger partial charge < -0.3 is 29.7 Å². The number of benzene rings is 2. The number of aromatic nitrogens is 2. The van der Waals surface area contributed by atoms with E-state index in [9.17, 15) is 9.59 Å². The van der Waals surface area contributed by atoms with Crippen molar-refractivity contribution < 1.29 is 18.8 Å². The van der Waals surface area contributed by atoms with Gasteiger partial charge in [0, 0.05) is 44.4 Å². The molecule has 1 aliphatic rings. The molecule has 2 N–H and O–H groups in total. The van der Waals surface area contributed by atoms with E-state index in [0.29, 0.717) is 24.8 Å². The van der Waals surface area contributed by atoms with Crippen molar-refractivity contribution in [1.82, 2.24) is 25.3 Å². The van der Waals surface area contributed by atoms with Gasteiger partial charge in [-0.15, -0.1) is 12.4 Å². The fourth-order valence-electron chi connectivity index (χ4n) is 4.78. The van der Waals surface area contributed by atoms with Crippen molar-refractivity contribution in [3.05, 3.63) is 59.0 Å². The number of carbonyl (C=O) groups is 2. The molecule has 0 bridgehead atoms. The lowest BCUT2D eigenvalue weighted by molar-refractivity contribution is -0.140. The summed E-state index contributed by atoms with van der Waals surface area (Å²) in [5, 5.41) is 10.5. The number of amides is 2. The first-order chi connectivity index (χ1) is 18.8. The number of nitrogens with zero attached hydrogens (tertiary/aromatic N) is 4. The number of methoxy groups -OCH3 is 1. The first-order valence-corrected chi connectivity index (χ1v) is 13.3. The van der Waals surface area contributed by atoms with Gasteiger partial charge in [0.25, 0.3) is 0 Å². The lowest BCUT2D eigenvalue weighted by atomic mass is 10.1. The number of hydrogen-bond donors (Lipinski definition) is 2. The second kappa shape index (κ2) is 14.1. The summed E-state index contributed by atoms with van der Waals surface area (Å²) in [6, 6.07) is 11.9. The Kier molecular flexibility index (Phi) is 10.9. The Morgan fingerprint density at radius 1 is 1.10 bits per heavy atom. The molecule has 1 atom stereocenters. The number of rotatable bonds is 12. The van der Waals surface area contributed by atoms with E-state index < -0.39 is 0 Å². The molecule has 40 heavy (non-hydrogen) atoms. The zero-order valence-corrected chi connectivity index (χ0v) is 24.6. The summed E-state index contributed by atoms with van der Waals surface area (Å²) < 4.78 is 10.5. The first-order valence-electron chi connectivity index (χ1n) is 13.3. The normalized spacial score (nSPS) is 13.8. The second-order valence-electron chi connectivity index (χ2n) is 9.89. The van der Waals surface area contributed by atoms with Crippen LogP contribution in [0.5, 0.6) is 5.75 Å². The largest absolute Gasteiger partial charge is 0.497 e. The molecule has 0 spiro atoms. The van der Waals surface area contributed by atoms with Crippen LogP contribution in [-0.2, 0) is 22.4 Å². The number of nitrogens with one attached hydrogen (secondary N) is 2. The number of anilines is 1. The fraction of sp³-hybridized carbons (Fsp3) is 0.448. The van der Waals surface area contributed by atoms with Crippen molar-refractivity contribution in [2.24, 2.45) is 0 Å². The van der Waals surface area contributed by atoms with Crippen molar-refractivity contribution in [3.63, 3.8) is 0 Å². The van der Waals surface area contributed by atoms with E-state index >= 15 is 0 Å². The molecule has 4 rings (SSSR count). The summed E-state index contributed by atoms with van der Waals surface area (Å²) in [5.41, 5.74) is 5.02. The van der Waals surface area contributed by atoms with Gasteiger partial charge in [-0.25, -0.2) is 0 Å². The number of ether oxygens (including phenoxy) is 1. The highest BCUT2D eigenvalue weighted by molar-refractivity contribution is 5.87. The Balaban J connectivity index is 0.00000441. The molecule has 2 amide bonds. The molecule has 1 heterocycles. The third kappa shape index (κ3) is 7.51. The van der Waals surface area contributed by atoms with Gasteiger partial charge in [-0.05, 0) is 61.2 Å². The predicted molar refractivity (Wildman–Crippen MR) is 157 cm³/mol. The van der Waals surface area contributed by atoms with Crippen LogP contribution in [0.3, 0.4) is 0 Å². The highest BCUT2D eigenvalue weighted by atomic mass is 35.5. The fourth-order valence-corrected chi connectivity index (χ4v) is 4.78. The summed E-state index contributed by atoms with van der Waals surface area (Å²) >= 11 is 0. The van der Waals surface area contributed by atoms with Crippen LogP contribution in [0.1, 0.15) is 29.5 Å². The van der Waals surface area contributed by atoms with Crippen molar-refractivity contribution in [2.75, 3.05) is 52.2 Å². The zero-order valence-electron chi connectivity index (χ0n) is 23.8. The Labute approximate surface area is 241 Å². The van der Waals surface area contributed by atoms with Gasteiger partial charge in [-0.3, -0.25) is 9.59 Å². The maximum Gasteiger partial charge on any atom is 0.242 e. The molecular formula is C29H39ClN6O4. The van der Waals surface area contributed by atoms with Crippen LogP contribution in [0.4, 0.5) is 5.69 Å². The smallest absolute Gasteiger partial charge is 0.242 e. The number of halogens is 1. The van der Waals surface area contributed by atoms with Crippen molar-refractivity contribution in [1.29, 1.82) is 0 Å². The van der Waals surface area contributed by atoms with E-state index in [1.54, 1.807) is 23.8 Å². The quantitative estimate of drug-likeness (QED) is 0.319. The van der Waals surface area contributed by atoms with Gasteiger partial charge >= 0.3 is 0 Å². The van der Waals surface area contributed by atoms with Gasteiger partial charge in [-0.2, -0.15) is 4.98 Å². The van der Waals surface area contributed by atoms with E-state index in [-0.39, 0.29) is 43.4 Å². The summed E-state index contributed by atoms with van der Waals surface area (Å²) in [5.74, 6) is 1.59. The molecule has 1 aliphatic carbocycles. The summed E-state index contributed by atoms with van der Waals surface area (Å²) in [6.07, 6.45) is 1.57. The number of hydrogen-bond acceptors (Lipinski definition) is 8. The van der Waals surface area contributed by atoms with Crippen LogP contribution in [0.2, 0.25) is 0 Å². The number of carbonyl (C=O) groups excluding carboxylic acids is 2. The maximum absolute atomic E-state index is 13.3. The topological polar surface area (TPSA) is 113 Å². The van der Waals surface area contributed by atoms with Crippen LogP contribution < -0.4 is 15.4 Å². The maximum atomic E-state index is 13.3. The summed E-state index contributed by atoms with van der Waals surface area (Å²) in [4.78, 5) is 34.3. The minimum absolute atomic E-state index is 0. The third-order valence-corrected chi connectivity index (χ3v) is 7.21. The minimum Gasteiger partial charge on any atom is -0.497 e. The Hall–Kier alpha value is -3.63. The molecule has 1 aromatic heterocycles.